The first-order valence-electron chi connectivity index (χ1n) is 14.2. The molecule has 1 heterocycles. The van der Waals surface area contributed by atoms with Crippen molar-refractivity contribution in [3.05, 3.63) is 4.91 Å². The summed E-state index contributed by atoms with van der Waals surface area (Å²) < 4.78 is 20.4. The van der Waals surface area contributed by atoms with Gasteiger partial charge in [-0.1, -0.05) is 45.7 Å². The van der Waals surface area contributed by atoms with Crippen LogP contribution in [0.3, 0.4) is 0 Å². The van der Waals surface area contributed by atoms with Gasteiger partial charge in [-0.15, -0.1) is 0 Å². The maximum atomic E-state index is 12.0. The standard InChI is InChI=1S/C28H49NO5Si/c1-25(2,3)35(7,8)34-20-13-12-17-21-22(19(30)15-27(17,20)6)28(16-29-31)14-10-9-11-18(28)23-24(21)33-26(4,5)32-23/h17-24,30H,9-16H2,1-8H3/t17?,18?,19-,20-,21?,22?,23+,24+,27-,28+/m0/s1. The quantitative estimate of drug-likeness (QED) is 0.359. The van der Waals surface area contributed by atoms with E-state index >= 15 is 0 Å². The molecule has 35 heavy (non-hydrogen) atoms. The minimum Gasteiger partial charge on any atom is -0.413 e. The van der Waals surface area contributed by atoms with Gasteiger partial charge in [0.15, 0.2) is 14.1 Å². The molecule has 1 N–H and O–H groups in total. The molecule has 0 spiro atoms. The van der Waals surface area contributed by atoms with Gasteiger partial charge in [0.05, 0.1) is 31.0 Å². The van der Waals surface area contributed by atoms with E-state index in [0.717, 1.165) is 44.9 Å². The van der Waals surface area contributed by atoms with Crippen LogP contribution in [-0.4, -0.2) is 50.2 Å². The van der Waals surface area contributed by atoms with Gasteiger partial charge in [0.1, 0.15) is 0 Å². The second-order valence-corrected chi connectivity index (χ2v) is 19.6. The molecule has 200 valence electrons. The summed E-state index contributed by atoms with van der Waals surface area (Å²) in [5, 5.41) is 15.7. The number of fused-ring (bicyclic) bond motifs is 8. The average molecular weight is 508 g/mol. The van der Waals surface area contributed by atoms with Crippen LogP contribution in [0.25, 0.3) is 0 Å². The largest absolute Gasteiger partial charge is 0.413 e. The molecule has 10 atom stereocenters. The zero-order valence-electron chi connectivity index (χ0n) is 23.3. The van der Waals surface area contributed by atoms with Crippen molar-refractivity contribution in [1.29, 1.82) is 0 Å². The van der Waals surface area contributed by atoms with Crippen molar-refractivity contribution < 1.29 is 19.0 Å². The van der Waals surface area contributed by atoms with Crippen LogP contribution in [0.1, 0.15) is 86.5 Å². The van der Waals surface area contributed by atoms with E-state index in [4.69, 9.17) is 13.9 Å². The summed E-state index contributed by atoms with van der Waals surface area (Å²) in [7, 11) is -1.96. The molecule has 5 rings (SSSR count). The lowest BCUT2D eigenvalue weighted by Crippen LogP contribution is -2.68. The normalized spacial score (nSPS) is 49.1. The SMILES string of the molecule is CC1(C)O[C@@H]2C3C([C@@H](O)C[C@@]4(C)C3CC[C@@H]4O[Si](C)(C)C(C)(C)C)[C@@]3(CN=O)CCCCC3[C@H]2O1. The third kappa shape index (κ3) is 3.85. The number of rotatable bonds is 4. The van der Waals surface area contributed by atoms with Gasteiger partial charge in [0.25, 0.3) is 0 Å². The van der Waals surface area contributed by atoms with Gasteiger partial charge in [-0.3, -0.25) is 0 Å². The zero-order valence-corrected chi connectivity index (χ0v) is 24.3. The van der Waals surface area contributed by atoms with Crippen LogP contribution in [0.4, 0.5) is 0 Å². The number of aliphatic hydroxyl groups excluding tert-OH is 1. The summed E-state index contributed by atoms with van der Waals surface area (Å²) in [5.41, 5.74) is -0.386. The first-order chi connectivity index (χ1) is 16.2. The van der Waals surface area contributed by atoms with E-state index in [9.17, 15) is 10.0 Å². The Morgan fingerprint density at radius 1 is 1.03 bits per heavy atom. The molecule has 6 nitrogen and oxygen atoms in total. The Morgan fingerprint density at radius 3 is 2.37 bits per heavy atom. The van der Waals surface area contributed by atoms with Gasteiger partial charge in [0.2, 0.25) is 0 Å². The van der Waals surface area contributed by atoms with E-state index in [1.54, 1.807) is 0 Å². The Balaban J connectivity index is 1.56. The van der Waals surface area contributed by atoms with E-state index in [-0.39, 0.29) is 58.5 Å². The molecule has 4 aliphatic carbocycles. The van der Waals surface area contributed by atoms with Gasteiger partial charge in [0, 0.05) is 5.41 Å². The highest BCUT2D eigenvalue weighted by Gasteiger charge is 2.71. The van der Waals surface area contributed by atoms with Gasteiger partial charge in [-0.05, 0) is 93.2 Å². The Labute approximate surface area is 213 Å². The molecule has 7 heteroatoms. The van der Waals surface area contributed by atoms with Gasteiger partial charge >= 0.3 is 0 Å². The second-order valence-electron chi connectivity index (χ2n) is 14.9. The van der Waals surface area contributed by atoms with Crippen LogP contribution in [0.5, 0.6) is 0 Å². The summed E-state index contributed by atoms with van der Waals surface area (Å²) in [6.07, 6.45) is 6.73. The molecule has 0 aromatic carbocycles. The molecule has 1 saturated heterocycles. The molecule has 0 aromatic rings. The fourth-order valence-electron chi connectivity index (χ4n) is 9.20. The van der Waals surface area contributed by atoms with Crippen LogP contribution < -0.4 is 0 Å². The molecule has 0 radical (unpaired) electrons. The summed E-state index contributed by atoms with van der Waals surface area (Å²) in [6.45, 7) is 18.3. The number of nitrogens with zero attached hydrogens (tertiary/aromatic N) is 1. The summed E-state index contributed by atoms with van der Waals surface area (Å²) in [5.74, 6) is 0.175. The predicted octanol–water partition coefficient (Wildman–Crippen LogP) is 6.27. The van der Waals surface area contributed by atoms with Crippen LogP contribution in [0.2, 0.25) is 18.1 Å². The molecular weight excluding hydrogens is 458 g/mol. The number of hydrogen-bond acceptors (Lipinski definition) is 6. The lowest BCUT2D eigenvalue weighted by molar-refractivity contribution is -0.222. The number of aliphatic hydroxyl groups is 1. The molecule has 0 amide bonds. The van der Waals surface area contributed by atoms with E-state index in [1.165, 1.54) is 0 Å². The van der Waals surface area contributed by atoms with Crippen LogP contribution in [-0.2, 0) is 13.9 Å². The molecular formula is C28H49NO5Si. The Kier molecular flexibility index (Phi) is 6.25. The molecule has 5 aliphatic rings. The van der Waals surface area contributed by atoms with Gasteiger partial charge in [-0.25, -0.2) is 0 Å². The van der Waals surface area contributed by atoms with Crippen molar-refractivity contribution in [2.75, 3.05) is 6.54 Å². The predicted molar refractivity (Wildman–Crippen MR) is 139 cm³/mol. The Morgan fingerprint density at radius 2 is 1.71 bits per heavy atom. The van der Waals surface area contributed by atoms with E-state index in [2.05, 4.69) is 46.0 Å². The van der Waals surface area contributed by atoms with Crippen molar-refractivity contribution in [2.45, 2.75) is 135 Å². The lowest BCUT2D eigenvalue weighted by Gasteiger charge is -2.64. The van der Waals surface area contributed by atoms with Crippen molar-refractivity contribution in [2.24, 2.45) is 39.7 Å². The van der Waals surface area contributed by atoms with E-state index in [1.807, 2.05) is 13.8 Å². The zero-order chi connectivity index (χ0) is 25.6. The smallest absolute Gasteiger partial charge is 0.192 e. The van der Waals surface area contributed by atoms with Crippen molar-refractivity contribution >= 4 is 8.32 Å². The van der Waals surface area contributed by atoms with E-state index in [0.29, 0.717) is 5.92 Å². The lowest BCUT2D eigenvalue weighted by atomic mass is 9.42. The molecule has 0 bridgehead atoms. The monoisotopic (exact) mass is 507 g/mol. The molecule has 4 saturated carbocycles. The Bertz CT molecular complexity index is 842. The van der Waals surface area contributed by atoms with Gasteiger partial charge in [-0.2, -0.15) is 4.91 Å². The second kappa shape index (κ2) is 8.33. The minimum atomic E-state index is -1.96. The third-order valence-corrected chi connectivity index (χ3v) is 16.1. The van der Waals surface area contributed by atoms with Crippen LogP contribution >= 0.6 is 0 Å². The van der Waals surface area contributed by atoms with Gasteiger partial charge < -0.3 is 19.0 Å². The summed E-state index contributed by atoms with van der Waals surface area (Å²) in [4.78, 5) is 11.9. The molecule has 1 aliphatic heterocycles. The van der Waals surface area contributed by atoms with Crippen molar-refractivity contribution in [3.63, 3.8) is 0 Å². The van der Waals surface area contributed by atoms with Crippen molar-refractivity contribution in [3.8, 4) is 0 Å². The molecule has 4 unspecified atom stereocenters. The number of hydrogen-bond donors (Lipinski definition) is 1. The van der Waals surface area contributed by atoms with Crippen molar-refractivity contribution in [1.82, 2.24) is 0 Å². The molecule has 0 aromatic heterocycles. The topological polar surface area (TPSA) is 77.4 Å². The third-order valence-electron chi connectivity index (χ3n) is 11.6. The van der Waals surface area contributed by atoms with Crippen LogP contribution in [0.15, 0.2) is 5.18 Å². The molecule has 5 fully saturated rings. The highest BCUT2D eigenvalue weighted by molar-refractivity contribution is 6.74. The fraction of sp³-hybridized carbons (Fsp3) is 1.00. The average Bonchev–Trinajstić information content (AvgIpc) is 3.22. The highest BCUT2D eigenvalue weighted by atomic mass is 28.4. The summed E-state index contributed by atoms with van der Waals surface area (Å²) >= 11 is 0. The first-order valence-corrected chi connectivity index (χ1v) is 17.1. The van der Waals surface area contributed by atoms with E-state index < -0.39 is 20.2 Å². The fourth-order valence-corrected chi connectivity index (χ4v) is 10.7. The minimum absolute atomic E-state index is 0.0248. The van der Waals surface area contributed by atoms with Crippen LogP contribution in [0, 0.1) is 39.4 Å². The number of ether oxygens (including phenoxy) is 2. The Hall–Kier alpha value is -0.343. The summed E-state index contributed by atoms with van der Waals surface area (Å²) in [6, 6.07) is 0. The maximum absolute atomic E-state index is 12.0. The maximum Gasteiger partial charge on any atom is 0.192 e. The number of nitroso groups, excluding NO2 is 1. The first kappa shape index (κ1) is 26.3. The highest BCUT2D eigenvalue weighted by Crippen LogP contribution is 2.69.